The average Bonchev–Trinajstić information content (AvgIpc) is 2.88. The highest BCUT2D eigenvalue weighted by atomic mass is 79.9. The molecular weight excluding hydrogens is 394 g/mol. The van der Waals surface area contributed by atoms with Crippen LogP contribution < -0.4 is 5.32 Å². The summed E-state index contributed by atoms with van der Waals surface area (Å²) in [5.74, 6) is 0. The van der Waals surface area contributed by atoms with Crippen molar-refractivity contribution in [3.63, 3.8) is 0 Å². The summed E-state index contributed by atoms with van der Waals surface area (Å²) in [6, 6.07) is 4.79. The lowest BCUT2D eigenvalue weighted by Gasteiger charge is -2.15. The van der Waals surface area contributed by atoms with Crippen molar-refractivity contribution in [1.82, 2.24) is 5.32 Å². The Hall–Kier alpha value is 0.320. The Bertz CT molecular complexity index is 499. The van der Waals surface area contributed by atoms with E-state index >= 15 is 0 Å². The summed E-state index contributed by atoms with van der Waals surface area (Å²) < 4.78 is 2.30. The summed E-state index contributed by atoms with van der Waals surface area (Å²) >= 11 is 10.7. The Morgan fingerprint density at radius 3 is 2.61 bits per heavy atom. The van der Waals surface area contributed by atoms with Crippen LogP contribution >= 0.6 is 54.5 Å². The second-order valence-electron chi connectivity index (χ2n) is 4.15. The van der Waals surface area contributed by atoms with Crippen molar-refractivity contribution in [2.45, 2.75) is 26.3 Å². The van der Waals surface area contributed by atoms with Crippen LogP contribution in [0.15, 0.2) is 25.8 Å². The number of halogens is 2. The van der Waals surface area contributed by atoms with Crippen LogP contribution in [-0.2, 0) is 0 Å². The minimum Gasteiger partial charge on any atom is -0.306 e. The molecule has 2 rings (SSSR count). The van der Waals surface area contributed by atoms with E-state index in [1.54, 1.807) is 11.3 Å². The molecule has 0 spiro atoms. The van der Waals surface area contributed by atoms with E-state index in [9.17, 15) is 0 Å². The van der Waals surface area contributed by atoms with Crippen molar-refractivity contribution in [3.8, 4) is 0 Å². The van der Waals surface area contributed by atoms with Crippen molar-refractivity contribution in [2.24, 2.45) is 0 Å². The van der Waals surface area contributed by atoms with Crippen molar-refractivity contribution < 1.29 is 0 Å². The molecule has 98 valence electrons. The number of hydrogen-bond acceptors (Lipinski definition) is 3. The third kappa shape index (κ3) is 3.45. The summed E-state index contributed by atoms with van der Waals surface area (Å²) in [6.07, 6.45) is 1.15. The molecule has 2 heterocycles. The molecule has 0 fully saturated rings. The van der Waals surface area contributed by atoms with E-state index in [4.69, 9.17) is 0 Å². The molecular formula is C13H15Br2NS2. The zero-order valence-corrected chi connectivity index (χ0v) is 15.1. The molecule has 0 amide bonds. The van der Waals surface area contributed by atoms with Crippen LogP contribution in [0.3, 0.4) is 0 Å². The maximum atomic E-state index is 3.63. The Kier molecular flexibility index (Phi) is 5.45. The summed E-state index contributed by atoms with van der Waals surface area (Å²) in [4.78, 5) is 2.71. The molecule has 0 aliphatic carbocycles. The van der Waals surface area contributed by atoms with E-state index in [0.717, 1.165) is 21.2 Å². The van der Waals surface area contributed by atoms with Gasteiger partial charge in [-0.05, 0) is 74.8 Å². The summed E-state index contributed by atoms with van der Waals surface area (Å²) in [6.45, 7) is 5.39. The van der Waals surface area contributed by atoms with Gasteiger partial charge in [-0.25, -0.2) is 0 Å². The van der Waals surface area contributed by atoms with Gasteiger partial charge in [0.2, 0.25) is 0 Å². The van der Waals surface area contributed by atoms with E-state index in [2.05, 4.69) is 68.5 Å². The molecule has 0 bridgehead atoms. The van der Waals surface area contributed by atoms with Crippen molar-refractivity contribution >= 4 is 54.5 Å². The molecule has 2 aromatic rings. The molecule has 18 heavy (non-hydrogen) atoms. The van der Waals surface area contributed by atoms with Crippen LogP contribution in [0.5, 0.6) is 0 Å². The third-order valence-electron chi connectivity index (χ3n) is 2.63. The molecule has 2 aromatic heterocycles. The van der Waals surface area contributed by atoms with Crippen molar-refractivity contribution in [2.75, 3.05) is 6.54 Å². The Morgan fingerprint density at radius 1 is 1.33 bits per heavy atom. The third-order valence-corrected chi connectivity index (χ3v) is 6.83. The lowest BCUT2D eigenvalue weighted by Crippen LogP contribution is -2.21. The van der Waals surface area contributed by atoms with E-state index in [1.165, 1.54) is 15.3 Å². The molecule has 0 aliphatic rings. The van der Waals surface area contributed by atoms with Crippen LogP contribution in [0, 0.1) is 6.92 Å². The molecule has 1 nitrogen and oxygen atoms in total. The molecule has 1 N–H and O–H groups in total. The number of nitrogens with one attached hydrogen (secondary N) is 1. The molecule has 0 saturated carbocycles. The first-order chi connectivity index (χ1) is 8.61. The maximum Gasteiger partial charge on any atom is 0.0843 e. The fourth-order valence-electron chi connectivity index (χ4n) is 1.79. The number of rotatable bonds is 5. The summed E-state index contributed by atoms with van der Waals surface area (Å²) in [5.41, 5.74) is 1.37. The van der Waals surface area contributed by atoms with Crippen LogP contribution in [-0.4, -0.2) is 6.54 Å². The van der Waals surface area contributed by atoms with Gasteiger partial charge >= 0.3 is 0 Å². The molecule has 0 aliphatic heterocycles. The van der Waals surface area contributed by atoms with Gasteiger partial charge < -0.3 is 5.32 Å². The predicted molar refractivity (Wildman–Crippen MR) is 88.9 cm³/mol. The van der Waals surface area contributed by atoms with E-state index in [0.29, 0.717) is 6.04 Å². The lowest BCUT2D eigenvalue weighted by atomic mass is 10.1. The van der Waals surface area contributed by atoms with Crippen LogP contribution in [0.2, 0.25) is 0 Å². The van der Waals surface area contributed by atoms with Crippen LogP contribution in [0.25, 0.3) is 0 Å². The lowest BCUT2D eigenvalue weighted by molar-refractivity contribution is 0.607. The fraction of sp³-hybridized carbons (Fsp3) is 0.385. The van der Waals surface area contributed by atoms with Crippen LogP contribution in [0.4, 0.5) is 0 Å². The molecule has 0 saturated heterocycles. The molecule has 1 atom stereocenters. The fourth-order valence-corrected chi connectivity index (χ4v) is 4.72. The first kappa shape index (κ1) is 14.7. The molecule has 1 unspecified atom stereocenters. The average molecular weight is 409 g/mol. The minimum absolute atomic E-state index is 0.308. The van der Waals surface area contributed by atoms with Gasteiger partial charge in [0.25, 0.3) is 0 Å². The SMILES string of the molecule is CCCNC(c1csc(C)c1)c1cc(Br)c(Br)s1. The Balaban J connectivity index is 2.30. The Morgan fingerprint density at radius 2 is 2.11 bits per heavy atom. The summed E-state index contributed by atoms with van der Waals surface area (Å²) in [5, 5.41) is 5.89. The second kappa shape index (κ2) is 6.66. The smallest absolute Gasteiger partial charge is 0.0843 e. The van der Waals surface area contributed by atoms with Gasteiger partial charge in [-0.2, -0.15) is 0 Å². The monoisotopic (exact) mass is 407 g/mol. The van der Waals surface area contributed by atoms with E-state index in [-0.39, 0.29) is 0 Å². The van der Waals surface area contributed by atoms with Gasteiger partial charge in [0.05, 0.1) is 9.83 Å². The quantitative estimate of drug-likeness (QED) is 0.665. The Labute approximate surface area is 133 Å². The van der Waals surface area contributed by atoms with Gasteiger partial charge in [0, 0.05) is 14.2 Å². The van der Waals surface area contributed by atoms with E-state index < -0.39 is 0 Å². The standard InChI is InChI=1S/C13H15Br2NS2/c1-3-4-16-12(9-5-8(2)17-7-9)11-6-10(14)13(15)18-11/h5-7,12,16H,3-4H2,1-2H3. The number of thiophene rings is 2. The number of hydrogen-bond donors (Lipinski definition) is 1. The van der Waals surface area contributed by atoms with Gasteiger partial charge in [-0.1, -0.05) is 6.92 Å². The first-order valence-corrected chi connectivity index (χ1v) is 9.13. The highest BCUT2D eigenvalue weighted by Crippen LogP contribution is 2.38. The zero-order chi connectivity index (χ0) is 13.1. The maximum absolute atomic E-state index is 3.63. The highest BCUT2D eigenvalue weighted by Gasteiger charge is 2.18. The number of aryl methyl sites for hydroxylation is 1. The predicted octanol–water partition coefficient (Wildman–Crippen LogP) is 5.73. The largest absolute Gasteiger partial charge is 0.306 e. The van der Waals surface area contributed by atoms with Crippen molar-refractivity contribution in [3.05, 3.63) is 41.1 Å². The summed E-state index contributed by atoms with van der Waals surface area (Å²) in [7, 11) is 0. The van der Waals surface area contributed by atoms with Gasteiger partial charge in [-0.15, -0.1) is 22.7 Å². The van der Waals surface area contributed by atoms with E-state index in [1.807, 2.05) is 11.3 Å². The van der Waals surface area contributed by atoms with Gasteiger partial charge in [0.15, 0.2) is 0 Å². The highest BCUT2D eigenvalue weighted by molar-refractivity contribution is 9.13. The molecule has 0 radical (unpaired) electrons. The normalized spacial score (nSPS) is 12.9. The second-order valence-corrected chi connectivity index (χ2v) is 8.52. The molecule has 5 heteroatoms. The minimum atomic E-state index is 0.308. The topological polar surface area (TPSA) is 12.0 Å². The first-order valence-electron chi connectivity index (χ1n) is 5.85. The van der Waals surface area contributed by atoms with Gasteiger partial charge in [-0.3, -0.25) is 0 Å². The van der Waals surface area contributed by atoms with Crippen LogP contribution in [0.1, 0.15) is 34.7 Å². The van der Waals surface area contributed by atoms with Crippen molar-refractivity contribution in [1.29, 1.82) is 0 Å². The molecule has 0 aromatic carbocycles. The van der Waals surface area contributed by atoms with Gasteiger partial charge in [0.1, 0.15) is 0 Å². The zero-order valence-electron chi connectivity index (χ0n) is 10.3.